The summed E-state index contributed by atoms with van der Waals surface area (Å²) >= 11 is 0. The predicted octanol–water partition coefficient (Wildman–Crippen LogP) is 0.866. The minimum absolute atomic E-state index is 0.379. The molecule has 0 saturated carbocycles. The van der Waals surface area contributed by atoms with Crippen LogP contribution in [0.5, 0.6) is 0 Å². The molecule has 1 aliphatic heterocycles. The summed E-state index contributed by atoms with van der Waals surface area (Å²) in [6, 6.07) is 0.379. The number of nitrogens with zero attached hydrogens (tertiary/aromatic N) is 1. The zero-order chi connectivity index (χ0) is 9.26. The van der Waals surface area contributed by atoms with Crippen LogP contribution in [0.15, 0.2) is 4.42 Å². The summed E-state index contributed by atoms with van der Waals surface area (Å²) in [5.74, 6) is 1.54. The summed E-state index contributed by atoms with van der Waals surface area (Å²) in [4.78, 5) is 4.36. The quantitative estimate of drug-likeness (QED) is 0.710. The van der Waals surface area contributed by atoms with Crippen molar-refractivity contribution in [2.24, 2.45) is 5.73 Å². The number of hydrogen-bond acceptors (Lipinski definition) is 4. The molecule has 0 aromatic carbocycles. The van der Waals surface area contributed by atoms with Crippen molar-refractivity contribution >= 4 is 0 Å². The van der Waals surface area contributed by atoms with Gasteiger partial charge in [-0.1, -0.05) is 0 Å². The fourth-order valence-corrected chi connectivity index (χ4v) is 1.79. The minimum atomic E-state index is 0.379. The summed E-state index contributed by atoms with van der Waals surface area (Å²) in [6.45, 7) is 3.41. The van der Waals surface area contributed by atoms with Crippen LogP contribution in [0.3, 0.4) is 0 Å². The molecule has 0 spiro atoms. The molecular formula is C9H15N3O. The number of aromatic nitrogens is 1. The molecule has 1 aliphatic rings. The number of nitrogens with two attached hydrogens (primary N) is 1. The van der Waals surface area contributed by atoms with Gasteiger partial charge in [0, 0.05) is 0 Å². The Labute approximate surface area is 77.5 Å². The highest BCUT2D eigenvalue weighted by molar-refractivity contribution is 5.14. The van der Waals surface area contributed by atoms with E-state index in [1.54, 1.807) is 0 Å². The first-order chi connectivity index (χ1) is 6.31. The molecule has 72 valence electrons. The third-order valence-corrected chi connectivity index (χ3v) is 2.44. The third kappa shape index (κ3) is 1.59. The maximum atomic E-state index is 5.45. The maximum absolute atomic E-state index is 5.45. The molecule has 1 aromatic heterocycles. The van der Waals surface area contributed by atoms with Crippen LogP contribution in [0.1, 0.15) is 36.2 Å². The Morgan fingerprint density at radius 2 is 2.54 bits per heavy atom. The van der Waals surface area contributed by atoms with Crippen LogP contribution < -0.4 is 11.1 Å². The molecule has 4 nitrogen and oxygen atoms in total. The lowest BCUT2D eigenvalue weighted by atomic mass is 10.1. The van der Waals surface area contributed by atoms with E-state index in [9.17, 15) is 0 Å². The molecule has 0 aliphatic carbocycles. The minimum Gasteiger partial charge on any atom is -0.444 e. The predicted molar refractivity (Wildman–Crippen MR) is 49.1 cm³/mol. The number of aryl methyl sites for hydroxylation is 1. The summed E-state index contributed by atoms with van der Waals surface area (Å²) in [5.41, 5.74) is 6.49. The van der Waals surface area contributed by atoms with Gasteiger partial charge in [-0.05, 0) is 26.3 Å². The highest BCUT2D eigenvalue weighted by Gasteiger charge is 2.22. The SMILES string of the molecule is Cc1oc(CN)nc1C1CCCN1. The lowest BCUT2D eigenvalue weighted by molar-refractivity contribution is 0.470. The van der Waals surface area contributed by atoms with Crippen LogP contribution in [-0.2, 0) is 6.54 Å². The molecule has 2 heterocycles. The normalized spacial score (nSPS) is 22.5. The van der Waals surface area contributed by atoms with Gasteiger partial charge in [0.25, 0.3) is 0 Å². The lowest BCUT2D eigenvalue weighted by Crippen LogP contribution is -2.14. The molecule has 1 aromatic rings. The molecule has 4 heteroatoms. The van der Waals surface area contributed by atoms with Crippen molar-refractivity contribution in [1.29, 1.82) is 0 Å². The van der Waals surface area contributed by atoms with E-state index in [4.69, 9.17) is 10.2 Å². The molecule has 0 radical (unpaired) electrons. The Hall–Kier alpha value is -0.870. The van der Waals surface area contributed by atoms with E-state index in [1.165, 1.54) is 6.42 Å². The Bertz CT molecular complexity index is 289. The van der Waals surface area contributed by atoms with E-state index in [2.05, 4.69) is 10.3 Å². The second-order valence-electron chi connectivity index (χ2n) is 3.40. The zero-order valence-corrected chi connectivity index (χ0v) is 7.84. The molecule has 1 fully saturated rings. The Kier molecular flexibility index (Phi) is 2.33. The number of oxazole rings is 1. The lowest BCUT2D eigenvalue weighted by Gasteiger charge is -2.05. The second kappa shape index (κ2) is 3.47. The summed E-state index contributed by atoms with van der Waals surface area (Å²) in [5, 5.41) is 3.39. The number of rotatable bonds is 2. The largest absolute Gasteiger partial charge is 0.444 e. The summed E-state index contributed by atoms with van der Waals surface area (Å²) in [7, 11) is 0. The molecule has 1 unspecified atom stereocenters. The van der Waals surface area contributed by atoms with Crippen molar-refractivity contribution in [1.82, 2.24) is 10.3 Å². The van der Waals surface area contributed by atoms with E-state index >= 15 is 0 Å². The first-order valence-electron chi connectivity index (χ1n) is 4.71. The molecule has 1 saturated heterocycles. The van der Waals surface area contributed by atoms with Gasteiger partial charge in [-0.2, -0.15) is 0 Å². The first-order valence-corrected chi connectivity index (χ1v) is 4.71. The molecule has 0 bridgehead atoms. The fraction of sp³-hybridized carbons (Fsp3) is 0.667. The molecule has 1 atom stereocenters. The summed E-state index contributed by atoms with van der Waals surface area (Å²) in [6.07, 6.45) is 2.37. The van der Waals surface area contributed by atoms with Crippen molar-refractivity contribution in [2.75, 3.05) is 6.54 Å². The van der Waals surface area contributed by atoms with Gasteiger partial charge in [0.05, 0.1) is 18.3 Å². The van der Waals surface area contributed by atoms with Gasteiger partial charge in [0.15, 0.2) is 0 Å². The van der Waals surface area contributed by atoms with Gasteiger partial charge in [-0.15, -0.1) is 0 Å². The van der Waals surface area contributed by atoms with Crippen molar-refractivity contribution in [3.8, 4) is 0 Å². The zero-order valence-electron chi connectivity index (χ0n) is 7.84. The average molecular weight is 181 g/mol. The Morgan fingerprint density at radius 3 is 3.08 bits per heavy atom. The van der Waals surface area contributed by atoms with Crippen molar-refractivity contribution < 1.29 is 4.42 Å². The van der Waals surface area contributed by atoms with Crippen LogP contribution >= 0.6 is 0 Å². The topological polar surface area (TPSA) is 64.1 Å². The van der Waals surface area contributed by atoms with E-state index in [1.807, 2.05) is 6.92 Å². The van der Waals surface area contributed by atoms with E-state index in [0.29, 0.717) is 18.5 Å². The average Bonchev–Trinajstić information content (AvgIpc) is 2.72. The van der Waals surface area contributed by atoms with Crippen molar-refractivity contribution in [3.63, 3.8) is 0 Å². The van der Waals surface area contributed by atoms with Crippen LogP contribution in [0.25, 0.3) is 0 Å². The van der Waals surface area contributed by atoms with Crippen LogP contribution in [0.4, 0.5) is 0 Å². The van der Waals surface area contributed by atoms with Gasteiger partial charge in [-0.3, -0.25) is 0 Å². The Morgan fingerprint density at radius 1 is 1.69 bits per heavy atom. The highest BCUT2D eigenvalue weighted by Crippen LogP contribution is 2.25. The third-order valence-electron chi connectivity index (χ3n) is 2.44. The van der Waals surface area contributed by atoms with Gasteiger partial charge in [-0.25, -0.2) is 4.98 Å². The monoisotopic (exact) mass is 181 g/mol. The maximum Gasteiger partial charge on any atom is 0.208 e. The van der Waals surface area contributed by atoms with E-state index in [0.717, 1.165) is 24.4 Å². The van der Waals surface area contributed by atoms with Crippen LogP contribution in [0, 0.1) is 6.92 Å². The Balaban J connectivity index is 2.22. The molecular weight excluding hydrogens is 166 g/mol. The standard InChI is InChI=1S/C9H15N3O/c1-6-9(7-3-2-4-11-7)12-8(5-10)13-6/h7,11H,2-5,10H2,1H3. The number of hydrogen-bond donors (Lipinski definition) is 2. The van der Waals surface area contributed by atoms with E-state index in [-0.39, 0.29) is 0 Å². The molecule has 3 N–H and O–H groups in total. The molecule has 13 heavy (non-hydrogen) atoms. The van der Waals surface area contributed by atoms with Crippen molar-refractivity contribution in [3.05, 3.63) is 17.3 Å². The molecule has 2 rings (SSSR count). The van der Waals surface area contributed by atoms with Crippen molar-refractivity contribution in [2.45, 2.75) is 32.4 Å². The fourth-order valence-electron chi connectivity index (χ4n) is 1.79. The van der Waals surface area contributed by atoms with Gasteiger partial charge in [0.2, 0.25) is 5.89 Å². The number of nitrogens with one attached hydrogen (secondary N) is 1. The van der Waals surface area contributed by atoms with E-state index < -0.39 is 0 Å². The van der Waals surface area contributed by atoms with Gasteiger partial charge in [0.1, 0.15) is 5.76 Å². The summed E-state index contributed by atoms with van der Waals surface area (Å²) < 4.78 is 5.40. The second-order valence-corrected chi connectivity index (χ2v) is 3.40. The van der Waals surface area contributed by atoms with Crippen LogP contribution in [0.2, 0.25) is 0 Å². The van der Waals surface area contributed by atoms with Gasteiger partial charge >= 0.3 is 0 Å². The van der Waals surface area contributed by atoms with Gasteiger partial charge < -0.3 is 15.5 Å². The highest BCUT2D eigenvalue weighted by atomic mass is 16.4. The first kappa shape index (κ1) is 8.72. The smallest absolute Gasteiger partial charge is 0.208 e. The van der Waals surface area contributed by atoms with Crippen LogP contribution in [-0.4, -0.2) is 11.5 Å². The molecule has 0 amide bonds.